The summed E-state index contributed by atoms with van der Waals surface area (Å²) in [5.74, 6) is -1.22. The molecule has 0 atom stereocenters. The number of thiophene rings is 1. The van der Waals surface area contributed by atoms with Gasteiger partial charge in [-0.05, 0) is 17.5 Å². The first-order chi connectivity index (χ1) is 11.5. The van der Waals surface area contributed by atoms with Crippen molar-refractivity contribution < 1.29 is 14.1 Å². The number of aromatic nitrogens is 1. The van der Waals surface area contributed by atoms with Crippen molar-refractivity contribution in [1.82, 2.24) is 4.98 Å². The fourth-order valence-electron chi connectivity index (χ4n) is 1.99. The van der Waals surface area contributed by atoms with Crippen molar-refractivity contribution in [3.63, 3.8) is 0 Å². The number of thiazole rings is 1. The van der Waals surface area contributed by atoms with Crippen LogP contribution in [0.1, 0.15) is 5.69 Å². The van der Waals surface area contributed by atoms with Gasteiger partial charge >= 0.3 is 0 Å². The van der Waals surface area contributed by atoms with Crippen LogP contribution in [0.25, 0.3) is 10.6 Å². The standard InChI is InChI=1S/C15H10FN3O3S2/c16-12-2-1-11(19(21)22)6-13(12)18-14(20)5-10-8-24-15(17-10)9-3-4-23-7-9/h1-4,6-8H,5H2,(H,18,20). The van der Waals surface area contributed by atoms with Crippen molar-refractivity contribution in [2.75, 3.05) is 5.32 Å². The molecule has 0 radical (unpaired) electrons. The maximum Gasteiger partial charge on any atom is 0.271 e. The van der Waals surface area contributed by atoms with Crippen LogP contribution >= 0.6 is 22.7 Å². The highest BCUT2D eigenvalue weighted by atomic mass is 32.1. The fourth-order valence-corrected chi connectivity index (χ4v) is 3.52. The molecule has 1 N–H and O–H groups in total. The molecule has 122 valence electrons. The number of carbonyl (C=O) groups is 1. The second-order valence-electron chi connectivity index (χ2n) is 4.80. The van der Waals surface area contributed by atoms with E-state index in [0.29, 0.717) is 5.69 Å². The van der Waals surface area contributed by atoms with Crippen LogP contribution in [-0.4, -0.2) is 15.8 Å². The lowest BCUT2D eigenvalue weighted by Crippen LogP contribution is -2.15. The monoisotopic (exact) mass is 363 g/mol. The Balaban J connectivity index is 1.70. The van der Waals surface area contributed by atoms with Gasteiger partial charge in [-0.1, -0.05) is 0 Å². The van der Waals surface area contributed by atoms with Crippen molar-refractivity contribution in [2.24, 2.45) is 0 Å². The molecule has 2 aromatic heterocycles. The summed E-state index contributed by atoms with van der Waals surface area (Å²) in [6, 6.07) is 4.92. The summed E-state index contributed by atoms with van der Waals surface area (Å²) in [5, 5.41) is 19.5. The molecule has 6 nitrogen and oxygen atoms in total. The summed E-state index contributed by atoms with van der Waals surface area (Å²) in [6.45, 7) is 0. The lowest BCUT2D eigenvalue weighted by atomic mass is 10.2. The highest BCUT2D eigenvalue weighted by Gasteiger charge is 2.14. The summed E-state index contributed by atoms with van der Waals surface area (Å²) in [6.07, 6.45) is -0.0389. The van der Waals surface area contributed by atoms with Crippen LogP contribution in [0, 0.1) is 15.9 Å². The average molecular weight is 363 g/mol. The van der Waals surface area contributed by atoms with Gasteiger partial charge in [-0.15, -0.1) is 11.3 Å². The average Bonchev–Trinajstić information content (AvgIpc) is 3.20. The number of halogens is 1. The lowest BCUT2D eigenvalue weighted by Gasteiger charge is -2.05. The minimum Gasteiger partial charge on any atom is -0.323 e. The summed E-state index contributed by atoms with van der Waals surface area (Å²) in [4.78, 5) is 26.5. The normalized spacial score (nSPS) is 10.5. The highest BCUT2D eigenvalue weighted by molar-refractivity contribution is 7.14. The van der Waals surface area contributed by atoms with Crippen LogP contribution in [0.3, 0.4) is 0 Å². The van der Waals surface area contributed by atoms with E-state index >= 15 is 0 Å². The van der Waals surface area contributed by atoms with Crippen molar-refractivity contribution in [1.29, 1.82) is 0 Å². The molecule has 0 bridgehead atoms. The van der Waals surface area contributed by atoms with E-state index in [1.165, 1.54) is 11.3 Å². The number of benzene rings is 1. The predicted octanol–water partition coefficient (Wildman–Crippen LogP) is 4.10. The van der Waals surface area contributed by atoms with Crippen LogP contribution in [-0.2, 0) is 11.2 Å². The maximum absolute atomic E-state index is 13.7. The molecule has 1 aromatic carbocycles. The van der Waals surface area contributed by atoms with Gasteiger partial charge in [0, 0.05) is 28.5 Å². The Kier molecular flexibility index (Phi) is 4.63. The first-order valence-corrected chi connectivity index (χ1v) is 8.56. The third kappa shape index (κ3) is 3.63. The summed E-state index contributed by atoms with van der Waals surface area (Å²) >= 11 is 2.97. The van der Waals surface area contributed by atoms with Crippen LogP contribution in [0.4, 0.5) is 15.8 Å². The second-order valence-corrected chi connectivity index (χ2v) is 6.44. The number of nitro benzene ring substituents is 1. The number of nitrogens with zero attached hydrogens (tertiary/aromatic N) is 2. The number of hydrogen-bond acceptors (Lipinski definition) is 6. The van der Waals surface area contributed by atoms with E-state index in [1.807, 2.05) is 16.8 Å². The van der Waals surface area contributed by atoms with E-state index < -0.39 is 16.6 Å². The zero-order valence-electron chi connectivity index (χ0n) is 12.1. The van der Waals surface area contributed by atoms with Crippen molar-refractivity contribution >= 4 is 40.0 Å². The molecule has 0 saturated heterocycles. The third-order valence-electron chi connectivity index (χ3n) is 3.10. The third-order valence-corrected chi connectivity index (χ3v) is 4.72. The van der Waals surface area contributed by atoms with E-state index in [2.05, 4.69) is 10.3 Å². The van der Waals surface area contributed by atoms with Crippen LogP contribution < -0.4 is 5.32 Å². The lowest BCUT2D eigenvalue weighted by molar-refractivity contribution is -0.384. The smallest absolute Gasteiger partial charge is 0.271 e. The number of nitrogens with one attached hydrogen (secondary N) is 1. The van der Waals surface area contributed by atoms with Crippen molar-refractivity contribution in [3.05, 3.63) is 62.0 Å². The van der Waals surface area contributed by atoms with Gasteiger partial charge in [0.2, 0.25) is 5.91 Å². The zero-order chi connectivity index (χ0) is 17.1. The van der Waals surface area contributed by atoms with Gasteiger partial charge in [-0.25, -0.2) is 9.37 Å². The number of anilines is 1. The van der Waals surface area contributed by atoms with Gasteiger partial charge in [0.25, 0.3) is 5.69 Å². The Hall–Kier alpha value is -2.65. The molecule has 0 fully saturated rings. The molecule has 0 unspecified atom stereocenters. The Morgan fingerprint density at radius 1 is 1.33 bits per heavy atom. The molecule has 0 aliphatic rings. The van der Waals surface area contributed by atoms with Crippen LogP contribution in [0.15, 0.2) is 40.4 Å². The molecule has 2 heterocycles. The first kappa shape index (κ1) is 16.2. The van der Waals surface area contributed by atoms with Gasteiger partial charge in [0.05, 0.1) is 22.7 Å². The number of rotatable bonds is 5. The quantitative estimate of drug-likeness (QED) is 0.546. The maximum atomic E-state index is 13.7. The van der Waals surface area contributed by atoms with Gasteiger partial charge in [-0.2, -0.15) is 11.3 Å². The minimum absolute atomic E-state index is 0.0389. The molecular formula is C15H10FN3O3S2. The number of non-ortho nitro benzene ring substituents is 1. The molecule has 0 aliphatic heterocycles. The Bertz CT molecular complexity index is 893. The topological polar surface area (TPSA) is 85.1 Å². The van der Waals surface area contributed by atoms with E-state index in [9.17, 15) is 19.3 Å². The molecule has 3 rings (SSSR count). The van der Waals surface area contributed by atoms with Crippen LogP contribution in [0.2, 0.25) is 0 Å². The largest absolute Gasteiger partial charge is 0.323 e. The Labute approximate surface area is 143 Å². The number of nitro groups is 1. The van der Waals surface area contributed by atoms with E-state index in [1.54, 1.807) is 16.7 Å². The van der Waals surface area contributed by atoms with Crippen molar-refractivity contribution in [2.45, 2.75) is 6.42 Å². The summed E-state index contributed by atoms with van der Waals surface area (Å²) in [5.41, 5.74) is 1.04. The highest BCUT2D eigenvalue weighted by Crippen LogP contribution is 2.26. The first-order valence-electron chi connectivity index (χ1n) is 6.73. The van der Waals surface area contributed by atoms with Crippen molar-refractivity contribution in [3.8, 4) is 10.6 Å². The van der Waals surface area contributed by atoms with Gasteiger partial charge < -0.3 is 5.32 Å². The number of amides is 1. The Morgan fingerprint density at radius 2 is 2.17 bits per heavy atom. The SMILES string of the molecule is O=C(Cc1csc(-c2ccsc2)n1)Nc1cc([N+](=O)[O-])ccc1F. The molecular weight excluding hydrogens is 353 g/mol. The molecule has 9 heteroatoms. The second kappa shape index (κ2) is 6.85. The van der Waals surface area contributed by atoms with Gasteiger partial charge in [0.1, 0.15) is 10.8 Å². The summed E-state index contributed by atoms with van der Waals surface area (Å²) < 4.78 is 13.7. The van der Waals surface area contributed by atoms with Gasteiger partial charge in [0.15, 0.2) is 0 Å². The minimum atomic E-state index is -0.730. The molecule has 3 aromatic rings. The Morgan fingerprint density at radius 3 is 2.88 bits per heavy atom. The van der Waals surface area contributed by atoms with Gasteiger partial charge in [-0.3, -0.25) is 14.9 Å². The fraction of sp³-hybridized carbons (Fsp3) is 0.0667. The molecule has 24 heavy (non-hydrogen) atoms. The zero-order valence-corrected chi connectivity index (χ0v) is 13.7. The predicted molar refractivity (Wildman–Crippen MR) is 90.8 cm³/mol. The van der Waals surface area contributed by atoms with E-state index in [-0.39, 0.29) is 17.8 Å². The molecule has 0 saturated carbocycles. The molecule has 0 spiro atoms. The molecule has 0 aliphatic carbocycles. The van der Waals surface area contributed by atoms with E-state index in [0.717, 1.165) is 28.8 Å². The van der Waals surface area contributed by atoms with E-state index in [4.69, 9.17) is 0 Å². The number of hydrogen-bond donors (Lipinski definition) is 1. The number of carbonyl (C=O) groups excluding carboxylic acids is 1. The molecule has 1 amide bonds. The summed E-state index contributed by atoms with van der Waals surface area (Å²) in [7, 11) is 0. The van der Waals surface area contributed by atoms with Crippen LogP contribution in [0.5, 0.6) is 0 Å².